The molecule has 6 heteroatoms. The zero-order valence-electron chi connectivity index (χ0n) is 12.0. The number of rotatable bonds is 5. The van der Waals surface area contributed by atoms with Crippen LogP contribution in [0.4, 0.5) is 0 Å². The Morgan fingerprint density at radius 2 is 2.10 bits per heavy atom. The number of guanidine groups is 1. The molecule has 2 N–H and O–H groups in total. The van der Waals surface area contributed by atoms with E-state index >= 15 is 0 Å². The van der Waals surface area contributed by atoms with Gasteiger partial charge < -0.3 is 15.4 Å². The van der Waals surface area contributed by atoms with Gasteiger partial charge in [0.25, 0.3) is 0 Å². The molecule has 0 saturated carbocycles. The van der Waals surface area contributed by atoms with Crippen molar-refractivity contribution in [2.24, 2.45) is 4.99 Å². The molecule has 21 heavy (non-hydrogen) atoms. The van der Waals surface area contributed by atoms with Crippen molar-refractivity contribution < 1.29 is 4.74 Å². The molecule has 0 bridgehead atoms. The Labute approximate surface area is 137 Å². The van der Waals surface area contributed by atoms with Gasteiger partial charge in [-0.05, 0) is 29.6 Å². The molecule has 0 unspecified atom stereocenters. The Morgan fingerprint density at radius 1 is 1.29 bits per heavy atom. The van der Waals surface area contributed by atoms with E-state index in [-0.39, 0.29) is 0 Å². The van der Waals surface area contributed by atoms with E-state index in [1.807, 2.05) is 24.3 Å². The summed E-state index contributed by atoms with van der Waals surface area (Å²) in [4.78, 5) is 5.50. The van der Waals surface area contributed by atoms with Crippen LogP contribution in [-0.4, -0.2) is 20.1 Å². The minimum atomic E-state index is 0.646. The van der Waals surface area contributed by atoms with Crippen LogP contribution < -0.4 is 15.4 Å². The zero-order chi connectivity index (χ0) is 15.1. The van der Waals surface area contributed by atoms with Crippen molar-refractivity contribution in [2.45, 2.75) is 13.1 Å². The summed E-state index contributed by atoms with van der Waals surface area (Å²) in [6, 6.07) is 10.1. The maximum absolute atomic E-state index is 5.37. The fourth-order valence-corrected chi connectivity index (χ4v) is 2.92. The number of benzene rings is 1. The van der Waals surface area contributed by atoms with Gasteiger partial charge in [0, 0.05) is 28.5 Å². The summed E-state index contributed by atoms with van der Waals surface area (Å²) in [5.74, 6) is 1.63. The second-order valence-electron chi connectivity index (χ2n) is 4.31. The third-order valence-electron chi connectivity index (χ3n) is 2.92. The van der Waals surface area contributed by atoms with Gasteiger partial charge in [-0.1, -0.05) is 22.0 Å². The van der Waals surface area contributed by atoms with Crippen LogP contribution in [0, 0.1) is 0 Å². The second-order valence-corrected chi connectivity index (χ2v) is 6.26. The fraction of sp³-hybridized carbons (Fsp3) is 0.267. The van der Waals surface area contributed by atoms with E-state index in [2.05, 4.69) is 43.0 Å². The molecule has 2 aromatic rings. The Balaban J connectivity index is 1.92. The number of halogens is 1. The van der Waals surface area contributed by atoms with Gasteiger partial charge in [0.15, 0.2) is 5.96 Å². The third kappa shape index (κ3) is 4.75. The molecule has 1 aromatic heterocycles. The number of hydrogen-bond donors (Lipinski definition) is 2. The summed E-state index contributed by atoms with van der Waals surface area (Å²) < 4.78 is 6.39. The first-order valence-corrected chi connectivity index (χ1v) is 8.19. The summed E-state index contributed by atoms with van der Waals surface area (Å²) in [5.41, 5.74) is 1.07. The van der Waals surface area contributed by atoms with Crippen LogP contribution in [0.1, 0.15) is 10.4 Å². The van der Waals surface area contributed by atoms with Gasteiger partial charge in [-0.15, -0.1) is 11.3 Å². The lowest BCUT2D eigenvalue weighted by Gasteiger charge is -2.13. The molecule has 0 radical (unpaired) electrons. The predicted octanol–water partition coefficient (Wildman–Crippen LogP) is 3.38. The van der Waals surface area contributed by atoms with E-state index in [0.29, 0.717) is 6.54 Å². The number of ether oxygens (including phenoxy) is 1. The first-order chi connectivity index (χ1) is 10.2. The normalized spacial score (nSPS) is 11.3. The van der Waals surface area contributed by atoms with E-state index in [1.165, 1.54) is 4.88 Å². The predicted molar refractivity (Wildman–Crippen MR) is 92.1 cm³/mol. The molecule has 0 aliphatic heterocycles. The van der Waals surface area contributed by atoms with Gasteiger partial charge in [0.1, 0.15) is 5.75 Å². The average molecular weight is 368 g/mol. The second kappa shape index (κ2) is 8.05. The first-order valence-electron chi connectivity index (χ1n) is 6.52. The lowest BCUT2D eigenvalue weighted by molar-refractivity contribution is 0.409. The van der Waals surface area contributed by atoms with Crippen molar-refractivity contribution in [2.75, 3.05) is 14.2 Å². The fourth-order valence-electron chi connectivity index (χ4n) is 1.87. The smallest absolute Gasteiger partial charge is 0.191 e. The number of nitrogens with zero attached hydrogens (tertiary/aromatic N) is 1. The van der Waals surface area contributed by atoms with E-state index in [0.717, 1.165) is 28.3 Å². The molecule has 4 nitrogen and oxygen atoms in total. The molecule has 1 aromatic carbocycles. The van der Waals surface area contributed by atoms with Crippen LogP contribution in [0.15, 0.2) is 45.2 Å². The Kier molecular flexibility index (Phi) is 6.07. The van der Waals surface area contributed by atoms with Crippen LogP contribution in [0.25, 0.3) is 0 Å². The molecule has 0 amide bonds. The highest BCUT2D eigenvalue weighted by Crippen LogP contribution is 2.22. The highest BCUT2D eigenvalue weighted by atomic mass is 79.9. The Hall–Kier alpha value is -1.53. The van der Waals surface area contributed by atoms with Gasteiger partial charge in [-0.2, -0.15) is 0 Å². The summed E-state index contributed by atoms with van der Waals surface area (Å²) in [5, 5.41) is 8.65. The molecular formula is C15H18BrN3OS. The standard InChI is InChI=1S/C15H18BrN3OS/c1-17-15(19-10-13-4-3-7-21-13)18-9-11-8-12(16)5-6-14(11)20-2/h3-8H,9-10H2,1-2H3,(H2,17,18,19). The van der Waals surface area contributed by atoms with Crippen LogP contribution in [0.2, 0.25) is 0 Å². The van der Waals surface area contributed by atoms with Crippen molar-refractivity contribution in [3.63, 3.8) is 0 Å². The Morgan fingerprint density at radius 3 is 2.76 bits per heavy atom. The molecular weight excluding hydrogens is 350 g/mol. The lowest BCUT2D eigenvalue weighted by atomic mass is 10.2. The Bertz CT molecular complexity index is 599. The molecule has 0 atom stereocenters. The van der Waals surface area contributed by atoms with E-state index in [9.17, 15) is 0 Å². The molecule has 1 heterocycles. The summed E-state index contributed by atoms with van der Waals surface area (Å²) in [6.07, 6.45) is 0. The largest absolute Gasteiger partial charge is 0.496 e. The number of aliphatic imine (C=N–C) groups is 1. The maximum atomic E-state index is 5.37. The van der Waals surface area contributed by atoms with Gasteiger partial charge in [0.2, 0.25) is 0 Å². The third-order valence-corrected chi connectivity index (χ3v) is 4.29. The molecule has 112 valence electrons. The number of thiophene rings is 1. The summed E-state index contributed by atoms with van der Waals surface area (Å²) >= 11 is 5.21. The van der Waals surface area contributed by atoms with Crippen LogP contribution >= 0.6 is 27.3 Å². The molecule has 0 saturated heterocycles. The van der Waals surface area contributed by atoms with Gasteiger partial charge in [-0.25, -0.2) is 0 Å². The van der Waals surface area contributed by atoms with Crippen molar-refractivity contribution in [1.82, 2.24) is 10.6 Å². The van der Waals surface area contributed by atoms with Gasteiger partial charge in [-0.3, -0.25) is 4.99 Å². The minimum absolute atomic E-state index is 0.646. The van der Waals surface area contributed by atoms with Crippen molar-refractivity contribution >= 4 is 33.2 Å². The zero-order valence-corrected chi connectivity index (χ0v) is 14.4. The van der Waals surface area contributed by atoms with Crippen molar-refractivity contribution in [1.29, 1.82) is 0 Å². The van der Waals surface area contributed by atoms with Crippen molar-refractivity contribution in [3.05, 3.63) is 50.6 Å². The summed E-state index contributed by atoms with van der Waals surface area (Å²) in [7, 11) is 3.44. The quantitative estimate of drug-likeness (QED) is 0.628. The molecule has 0 aliphatic carbocycles. The van der Waals surface area contributed by atoms with Gasteiger partial charge >= 0.3 is 0 Å². The molecule has 2 rings (SSSR count). The average Bonchev–Trinajstić information content (AvgIpc) is 3.01. The highest BCUT2D eigenvalue weighted by Gasteiger charge is 2.05. The van der Waals surface area contributed by atoms with E-state index in [1.54, 1.807) is 25.5 Å². The van der Waals surface area contributed by atoms with Crippen LogP contribution in [0.3, 0.4) is 0 Å². The van der Waals surface area contributed by atoms with Crippen molar-refractivity contribution in [3.8, 4) is 5.75 Å². The number of hydrogen-bond acceptors (Lipinski definition) is 3. The highest BCUT2D eigenvalue weighted by molar-refractivity contribution is 9.10. The maximum Gasteiger partial charge on any atom is 0.191 e. The minimum Gasteiger partial charge on any atom is -0.496 e. The lowest BCUT2D eigenvalue weighted by Crippen LogP contribution is -2.36. The molecule has 0 aliphatic rings. The van der Waals surface area contributed by atoms with Crippen LogP contribution in [0.5, 0.6) is 5.75 Å². The van der Waals surface area contributed by atoms with E-state index in [4.69, 9.17) is 4.74 Å². The SMILES string of the molecule is CN=C(NCc1cccs1)NCc1cc(Br)ccc1OC. The first kappa shape index (κ1) is 15.9. The summed E-state index contributed by atoms with van der Waals surface area (Å²) in [6.45, 7) is 1.42. The number of methoxy groups -OCH3 is 1. The van der Waals surface area contributed by atoms with Gasteiger partial charge in [0.05, 0.1) is 13.7 Å². The van der Waals surface area contributed by atoms with Crippen LogP contribution in [-0.2, 0) is 13.1 Å². The monoisotopic (exact) mass is 367 g/mol. The van der Waals surface area contributed by atoms with E-state index < -0.39 is 0 Å². The number of nitrogens with one attached hydrogen (secondary N) is 2. The topological polar surface area (TPSA) is 45.7 Å². The molecule has 0 spiro atoms. The molecule has 0 fully saturated rings.